The number of fused-ring (bicyclic) bond motifs is 1. The molecule has 0 radical (unpaired) electrons. The number of nitrogens with one attached hydrogen (secondary N) is 2. The van der Waals surface area contributed by atoms with Gasteiger partial charge < -0.3 is 19.7 Å². The minimum Gasteiger partial charge on any atom is -0.509 e. The molecule has 2 heterocycles. The number of nitrogens with zero attached hydrogens (tertiary/aromatic N) is 2. The lowest BCUT2D eigenvalue weighted by Crippen LogP contribution is -2.26. The molecule has 138 valence electrons. The Labute approximate surface area is 157 Å². The molecule has 0 amide bonds. The maximum Gasteiger partial charge on any atom is 0.145 e. The van der Waals surface area contributed by atoms with Crippen LogP contribution in [0.15, 0.2) is 42.2 Å². The highest BCUT2D eigenvalue weighted by molar-refractivity contribution is 6.30. The van der Waals surface area contributed by atoms with Crippen LogP contribution in [0.1, 0.15) is 23.9 Å². The molecule has 6 nitrogen and oxygen atoms in total. The van der Waals surface area contributed by atoms with E-state index in [1.165, 1.54) is 5.56 Å². The first-order chi connectivity index (χ1) is 13.0. The minimum atomic E-state index is 0.134. The molecule has 3 N–H and O–H groups in total. The molecule has 1 aliphatic rings. The van der Waals surface area contributed by atoms with Crippen LogP contribution in [0.2, 0.25) is 0 Å². The van der Waals surface area contributed by atoms with Crippen molar-refractivity contribution in [2.75, 3.05) is 18.1 Å². The van der Waals surface area contributed by atoms with E-state index in [0.717, 1.165) is 28.0 Å². The molecule has 4 rings (SSSR count). The minimum absolute atomic E-state index is 0.134. The van der Waals surface area contributed by atoms with Gasteiger partial charge in [-0.25, -0.2) is 4.98 Å². The smallest absolute Gasteiger partial charge is 0.145 e. The molecule has 0 aliphatic carbocycles. The molecular formula is C21H22N4O2. The van der Waals surface area contributed by atoms with E-state index in [4.69, 9.17) is 10.1 Å². The molecule has 0 unspecified atom stereocenters. The van der Waals surface area contributed by atoms with Crippen molar-refractivity contribution in [3.8, 4) is 5.75 Å². The number of rotatable bonds is 4. The third kappa shape index (κ3) is 2.93. The van der Waals surface area contributed by atoms with Crippen LogP contribution in [-0.4, -0.2) is 34.1 Å². The fraction of sp³-hybridized carbons (Fsp3) is 0.238. The number of hydrogen-bond donors (Lipinski definition) is 3. The third-order valence-corrected chi connectivity index (χ3v) is 4.88. The monoisotopic (exact) mass is 362 g/mol. The number of aromatic amines is 1. The molecule has 6 heteroatoms. The van der Waals surface area contributed by atoms with Gasteiger partial charge in [0.25, 0.3) is 0 Å². The summed E-state index contributed by atoms with van der Waals surface area (Å²) < 4.78 is 5.55. The van der Waals surface area contributed by atoms with Crippen LogP contribution >= 0.6 is 0 Å². The number of anilines is 1. The molecule has 3 aromatic rings. The molecule has 0 bridgehead atoms. The molecule has 0 fully saturated rings. The number of imidazole rings is 1. The van der Waals surface area contributed by atoms with Gasteiger partial charge in [0, 0.05) is 11.8 Å². The summed E-state index contributed by atoms with van der Waals surface area (Å²) in [7, 11) is 0. The Morgan fingerprint density at radius 2 is 2.00 bits per heavy atom. The number of ether oxygens (including phenoxy) is 1. The Hall–Kier alpha value is -3.28. The van der Waals surface area contributed by atoms with Crippen LogP contribution in [-0.2, 0) is 0 Å². The highest BCUT2D eigenvalue weighted by Crippen LogP contribution is 2.32. The molecule has 27 heavy (non-hydrogen) atoms. The van der Waals surface area contributed by atoms with E-state index >= 15 is 0 Å². The maximum absolute atomic E-state index is 10.6. The number of aliphatic hydroxyl groups is 1. The van der Waals surface area contributed by atoms with Crippen molar-refractivity contribution in [3.05, 3.63) is 59.1 Å². The van der Waals surface area contributed by atoms with E-state index < -0.39 is 0 Å². The van der Waals surface area contributed by atoms with Gasteiger partial charge in [-0.3, -0.25) is 5.41 Å². The second-order valence-electron chi connectivity index (χ2n) is 6.73. The normalized spacial score (nSPS) is 14.5. The summed E-state index contributed by atoms with van der Waals surface area (Å²) in [5, 5.41) is 19.2. The van der Waals surface area contributed by atoms with Gasteiger partial charge in [-0.05, 0) is 56.2 Å². The largest absolute Gasteiger partial charge is 0.509 e. The average molecular weight is 362 g/mol. The van der Waals surface area contributed by atoms with Gasteiger partial charge in [-0.2, -0.15) is 0 Å². The van der Waals surface area contributed by atoms with Crippen molar-refractivity contribution in [2.24, 2.45) is 0 Å². The summed E-state index contributed by atoms with van der Waals surface area (Å²) in [6, 6.07) is 11.6. The lowest BCUT2D eigenvalue weighted by Gasteiger charge is -2.19. The molecule has 1 aliphatic heterocycles. The van der Waals surface area contributed by atoms with Gasteiger partial charge in [-0.1, -0.05) is 6.07 Å². The second-order valence-corrected chi connectivity index (χ2v) is 6.73. The SMILES string of the molecule is CCOc1cccc(N2CC(O)=C(c3nc4cc(C)c(C)cc4[nH]3)C2=N)c1. The van der Waals surface area contributed by atoms with Gasteiger partial charge in [0.15, 0.2) is 0 Å². The van der Waals surface area contributed by atoms with Gasteiger partial charge in [0.1, 0.15) is 23.2 Å². The molecule has 0 spiro atoms. The average Bonchev–Trinajstić information content (AvgIpc) is 3.15. The zero-order valence-corrected chi connectivity index (χ0v) is 15.6. The van der Waals surface area contributed by atoms with E-state index in [9.17, 15) is 5.11 Å². The van der Waals surface area contributed by atoms with E-state index in [0.29, 0.717) is 18.0 Å². The van der Waals surface area contributed by atoms with Crippen molar-refractivity contribution in [1.82, 2.24) is 9.97 Å². The fourth-order valence-electron chi connectivity index (χ4n) is 3.34. The van der Waals surface area contributed by atoms with Crippen molar-refractivity contribution in [1.29, 1.82) is 5.41 Å². The van der Waals surface area contributed by atoms with Crippen LogP contribution in [0.4, 0.5) is 5.69 Å². The number of benzene rings is 2. The number of hydrogen-bond acceptors (Lipinski definition) is 4. The number of H-pyrrole nitrogens is 1. The Kier molecular flexibility index (Phi) is 4.11. The van der Waals surface area contributed by atoms with Crippen LogP contribution in [0.3, 0.4) is 0 Å². The number of aryl methyl sites for hydroxylation is 2. The topological polar surface area (TPSA) is 85.2 Å². The zero-order valence-electron chi connectivity index (χ0n) is 15.6. The summed E-state index contributed by atoms with van der Waals surface area (Å²) in [6.07, 6.45) is 0. The standard InChI is InChI=1S/C21H22N4O2/c1-4-27-15-7-5-6-14(10-15)25-11-18(26)19(20(25)22)21-23-16-8-12(2)13(3)9-17(16)24-21/h5-10,22,26H,4,11H2,1-3H3,(H,23,24). The van der Waals surface area contributed by atoms with Crippen LogP contribution in [0, 0.1) is 19.3 Å². The number of aromatic nitrogens is 2. The molecule has 0 saturated heterocycles. The Morgan fingerprint density at radius 3 is 2.78 bits per heavy atom. The first kappa shape index (κ1) is 17.1. The molecule has 0 saturated carbocycles. The lowest BCUT2D eigenvalue weighted by molar-refractivity contribution is 0.340. The highest BCUT2D eigenvalue weighted by atomic mass is 16.5. The highest BCUT2D eigenvalue weighted by Gasteiger charge is 2.31. The maximum atomic E-state index is 10.6. The predicted molar refractivity (Wildman–Crippen MR) is 108 cm³/mol. The quantitative estimate of drug-likeness (QED) is 0.644. The van der Waals surface area contributed by atoms with E-state index in [2.05, 4.69) is 16.9 Å². The molecule has 1 aromatic heterocycles. The van der Waals surface area contributed by atoms with Crippen molar-refractivity contribution < 1.29 is 9.84 Å². The summed E-state index contributed by atoms with van der Waals surface area (Å²) in [4.78, 5) is 9.60. The lowest BCUT2D eigenvalue weighted by atomic mass is 10.1. The Morgan fingerprint density at radius 1 is 1.22 bits per heavy atom. The van der Waals surface area contributed by atoms with Crippen molar-refractivity contribution in [3.63, 3.8) is 0 Å². The number of amidine groups is 1. The summed E-state index contributed by atoms with van der Waals surface area (Å²) in [6.45, 7) is 6.84. The summed E-state index contributed by atoms with van der Waals surface area (Å²) in [5.74, 6) is 1.61. The zero-order chi connectivity index (χ0) is 19.1. The fourth-order valence-corrected chi connectivity index (χ4v) is 3.34. The predicted octanol–water partition coefficient (Wildman–Crippen LogP) is 4.35. The number of aliphatic hydroxyl groups excluding tert-OH is 1. The third-order valence-electron chi connectivity index (χ3n) is 4.88. The molecular weight excluding hydrogens is 340 g/mol. The Bertz CT molecular complexity index is 1040. The van der Waals surface area contributed by atoms with Gasteiger partial charge in [0.2, 0.25) is 0 Å². The van der Waals surface area contributed by atoms with Crippen molar-refractivity contribution >= 4 is 28.1 Å². The molecule has 0 atom stereocenters. The van der Waals surface area contributed by atoms with Crippen molar-refractivity contribution in [2.45, 2.75) is 20.8 Å². The van der Waals surface area contributed by atoms with Gasteiger partial charge in [-0.15, -0.1) is 0 Å². The van der Waals surface area contributed by atoms with E-state index in [-0.39, 0.29) is 18.1 Å². The summed E-state index contributed by atoms with van der Waals surface area (Å²) in [5.41, 5.74) is 5.30. The van der Waals surface area contributed by atoms with Crippen LogP contribution in [0.5, 0.6) is 5.75 Å². The van der Waals surface area contributed by atoms with Gasteiger partial charge in [0.05, 0.1) is 29.8 Å². The van der Waals surface area contributed by atoms with Gasteiger partial charge >= 0.3 is 0 Å². The first-order valence-corrected chi connectivity index (χ1v) is 8.96. The molecule has 2 aromatic carbocycles. The summed E-state index contributed by atoms with van der Waals surface area (Å²) >= 11 is 0. The van der Waals surface area contributed by atoms with E-state index in [1.807, 2.05) is 50.2 Å². The second kappa shape index (κ2) is 6.46. The van der Waals surface area contributed by atoms with Crippen LogP contribution < -0.4 is 9.64 Å². The van der Waals surface area contributed by atoms with E-state index in [1.54, 1.807) is 4.90 Å². The van der Waals surface area contributed by atoms with Crippen LogP contribution in [0.25, 0.3) is 16.6 Å². The first-order valence-electron chi connectivity index (χ1n) is 8.96. The Balaban J connectivity index is 1.69.